The SMILES string of the molecule is CCNC(=NCc1ncc(C)s1)NCCNC(=O)c1ccccc1O. The number of nitrogens with zero attached hydrogens (tertiary/aromatic N) is 2. The third kappa shape index (κ3) is 6.07. The van der Waals surface area contributed by atoms with E-state index in [9.17, 15) is 9.90 Å². The lowest BCUT2D eigenvalue weighted by Gasteiger charge is -2.12. The second-order valence-electron chi connectivity index (χ2n) is 5.26. The van der Waals surface area contributed by atoms with E-state index >= 15 is 0 Å². The highest BCUT2D eigenvalue weighted by atomic mass is 32.1. The molecule has 8 heteroatoms. The smallest absolute Gasteiger partial charge is 0.255 e. The summed E-state index contributed by atoms with van der Waals surface area (Å²) >= 11 is 1.62. The Balaban J connectivity index is 1.79. The molecule has 0 atom stereocenters. The largest absolute Gasteiger partial charge is 0.507 e. The molecular formula is C17H23N5O2S. The van der Waals surface area contributed by atoms with E-state index in [0.29, 0.717) is 25.6 Å². The Bertz CT molecular complexity index is 729. The zero-order valence-corrected chi connectivity index (χ0v) is 15.2. The minimum Gasteiger partial charge on any atom is -0.507 e. The minimum atomic E-state index is -0.305. The molecule has 0 aliphatic heterocycles. The number of thiazole rings is 1. The normalized spacial score (nSPS) is 11.2. The van der Waals surface area contributed by atoms with Gasteiger partial charge in [0.15, 0.2) is 5.96 Å². The number of amides is 1. The first-order chi connectivity index (χ1) is 12.1. The summed E-state index contributed by atoms with van der Waals surface area (Å²) in [6, 6.07) is 6.46. The molecule has 0 spiro atoms. The first kappa shape index (κ1) is 18.7. The van der Waals surface area contributed by atoms with Crippen molar-refractivity contribution < 1.29 is 9.90 Å². The van der Waals surface area contributed by atoms with Crippen molar-refractivity contribution in [2.24, 2.45) is 4.99 Å². The number of aryl methyl sites for hydroxylation is 1. The van der Waals surface area contributed by atoms with E-state index in [1.807, 2.05) is 20.0 Å². The average molecular weight is 361 g/mol. The van der Waals surface area contributed by atoms with Gasteiger partial charge in [-0.3, -0.25) is 4.79 Å². The number of guanidine groups is 1. The number of carbonyl (C=O) groups is 1. The lowest BCUT2D eigenvalue weighted by Crippen LogP contribution is -2.41. The van der Waals surface area contributed by atoms with Crippen molar-refractivity contribution >= 4 is 23.2 Å². The van der Waals surface area contributed by atoms with Crippen molar-refractivity contribution in [3.8, 4) is 5.75 Å². The number of rotatable bonds is 7. The van der Waals surface area contributed by atoms with Crippen molar-refractivity contribution in [2.45, 2.75) is 20.4 Å². The lowest BCUT2D eigenvalue weighted by atomic mass is 10.2. The third-order valence-corrected chi connectivity index (χ3v) is 4.13. The van der Waals surface area contributed by atoms with Gasteiger partial charge in [0.1, 0.15) is 10.8 Å². The molecule has 0 saturated carbocycles. The Kier molecular flexibility index (Phi) is 7.21. The van der Waals surface area contributed by atoms with Gasteiger partial charge in [-0.2, -0.15) is 0 Å². The molecule has 1 amide bonds. The molecule has 1 aromatic carbocycles. The number of phenols is 1. The zero-order valence-electron chi connectivity index (χ0n) is 14.4. The fourth-order valence-electron chi connectivity index (χ4n) is 2.08. The molecule has 1 heterocycles. The van der Waals surface area contributed by atoms with Crippen molar-refractivity contribution in [3.63, 3.8) is 0 Å². The summed E-state index contributed by atoms with van der Waals surface area (Å²) < 4.78 is 0. The Morgan fingerprint density at radius 1 is 1.24 bits per heavy atom. The van der Waals surface area contributed by atoms with E-state index in [1.165, 1.54) is 6.07 Å². The van der Waals surface area contributed by atoms with Crippen LogP contribution in [0.4, 0.5) is 0 Å². The fourth-order valence-corrected chi connectivity index (χ4v) is 2.79. The fraction of sp³-hybridized carbons (Fsp3) is 0.353. The average Bonchev–Trinajstić information content (AvgIpc) is 3.02. The second kappa shape index (κ2) is 9.63. The molecule has 25 heavy (non-hydrogen) atoms. The van der Waals surface area contributed by atoms with Crippen LogP contribution >= 0.6 is 11.3 Å². The van der Waals surface area contributed by atoms with Gasteiger partial charge in [-0.05, 0) is 26.0 Å². The highest BCUT2D eigenvalue weighted by Gasteiger charge is 2.09. The number of aromatic hydroxyl groups is 1. The molecule has 0 bridgehead atoms. The predicted molar refractivity (Wildman–Crippen MR) is 100 cm³/mol. The van der Waals surface area contributed by atoms with Crippen molar-refractivity contribution in [3.05, 3.63) is 45.9 Å². The summed E-state index contributed by atoms with van der Waals surface area (Å²) in [6.07, 6.45) is 1.84. The maximum atomic E-state index is 12.0. The number of phenolic OH excluding ortho intramolecular Hbond substituents is 1. The molecule has 0 aliphatic carbocycles. The Morgan fingerprint density at radius 2 is 2.00 bits per heavy atom. The number of benzene rings is 1. The molecule has 2 aromatic rings. The van der Waals surface area contributed by atoms with E-state index in [1.54, 1.807) is 29.5 Å². The van der Waals surface area contributed by atoms with E-state index in [-0.39, 0.29) is 17.2 Å². The number of aromatic nitrogens is 1. The summed E-state index contributed by atoms with van der Waals surface area (Å²) in [5.41, 5.74) is 0.266. The molecule has 134 valence electrons. The van der Waals surface area contributed by atoms with E-state index < -0.39 is 0 Å². The Hall–Kier alpha value is -2.61. The van der Waals surface area contributed by atoms with Gasteiger partial charge in [0.25, 0.3) is 5.91 Å². The summed E-state index contributed by atoms with van der Waals surface area (Å²) in [6.45, 7) is 6.19. The van der Waals surface area contributed by atoms with Crippen LogP contribution in [0.25, 0.3) is 0 Å². The van der Waals surface area contributed by atoms with Crippen molar-refractivity contribution in [1.29, 1.82) is 0 Å². The molecule has 4 N–H and O–H groups in total. The molecule has 1 aromatic heterocycles. The number of hydrogen-bond donors (Lipinski definition) is 4. The zero-order chi connectivity index (χ0) is 18.1. The van der Waals surface area contributed by atoms with Crippen LogP contribution in [-0.2, 0) is 6.54 Å². The van der Waals surface area contributed by atoms with Crippen LogP contribution in [0.15, 0.2) is 35.5 Å². The molecule has 0 radical (unpaired) electrons. The molecule has 0 unspecified atom stereocenters. The van der Waals surface area contributed by atoms with Gasteiger partial charge in [0.05, 0.1) is 12.1 Å². The number of aliphatic imine (C=N–C) groups is 1. The first-order valence-electron chi connectivity index (χ1n) is 8.09. The molecule has 0 fully saturated rings. The highest BCUT2D eigenvalue weighted by molar-refractivity contribution is 7.11. The standard InChI is InChI=1S/C17H23N5O2S/c1-3-18-17(22-11-15-21-10-12(2)25-15)20-9-8-19-16(24)13-6-4-5-7-14(13)23/h4-7,10,23H,3,8-9,11H2,1-2H3,(H,19,24)(H2,18,20,22). The van der Waals surface area contributed by atoms with Crippen LogP contribution in [0.2, 0.25) is 0 Å². The quantitative estimate of drug-likeness (QED) is 0.341. The van der Waals surface area contributed by atoms with Gasteiger partial charge in [-0.25, -0.2) is 9.98 Å². The van der Waals surface area contributed by atoms with E-state index in [0.717, 1.165) is 16.4 Å². The molecular weight excluding hydrogens is 338 g/mol. The van der Waals surface area contributed by atoms with Gasteiger partial charge in [-0.15, -0.1) is 11.3 Å². The monoisotopic (exact) mass is 361 g/mol. The minimum absolute atomic E-state index is 0.0263. The number of carbonyl (C=O) groups excluding carboxylic acids is 1. The van der Waals surface area contributed by atoms with Crippen molar-refractivity contribution in [2.75, 3.05) is 19.6 Å². The van der Waals surface area contributed by atoms with Crippen molar-refractivity contribution in [1.82, 2.24) is 20.9 Å². The molecule has 7 nitrogen and oxygen atoms in total. The van der Waals surface area contributed by atoms with Crippen LogP contribution in [-0.4, -0.2) is 41.6 Å². The summed E-state index contributed by atoms with van der Waals surface area (Å²) in [5.74, 6) is 0.342. The maximum absolute atomic E-state index is 12.0. The Morgan fingerprint density at radius 3 is 2.68 bits per heavy atom. The number of hydrogen-bond acceptors (Lipinski definition) is 5. The molecule has 2 rings (SSSR count). The topological polar surface area (TPSA) is 98.6 Å². The summed E-state index contributed by atoms with van der Waals surface area (Å²) in [7, 11) is 0. The lowest BCUT2D eigenvalue weighted by molar-refractivity contribution is 0.0951. The van der Waals surface area contributed by atoms with Gasteiger partial charge in [-0.1, -0.05) is 12.1 Å². The van der Waals surface area contributed by atoms with Crippen LogP contribution in [0.3, 0.4) is 0 Å². The second-order valence-corrected chi connectivity index (χ2v) is 6.58. The van der Waals surface area contributed by atoms with Crippen LogP contribution in [0.1, 0.15) is 27.2 Å². The van der Waals surface area contributed by atoms with E-state index in [2.05, 4.69) is 25.9 Å². The number of para-hydroxylation sites is 1. The van der Waals surface area contributed by atoms with Gasteiger partial charge in [0.2, 0.25) is 0 Å². The van der Waals surface area contributed by atoms with Gasteiger partial charge in [0, 0.05) is 30.7 Å². The summed E-state index contributed by atoms with van der Waals surface area (Å²) in [4.78, 5) is 21.9. The number of nitrogens with one attached hydrogen (secondary N) is 3. The van der Waals surface area contributed by atoms with Gasteiger partial charge >= 0.3 is 0 Å². The third-order valence-electron chi connectivity index (χ3n) is 3.24. The first-order valence-corrected chi connectivity index (χ1v) is 8.91. The van der Waals surface area contributed by atoms with Gasteiger partial charge < -0.3 is 21.1 Å². The van der Waals surface area contributed by atoms with Crippen LogP contribution < -0.4 is 16.0 Å². The molecule has 0 aliphatic rings. The maximum Gasteiger partial charge on any atom is 0.255 e. The van der Waals surface area contributed by atoms with Crippen LogP contribution in [0, 0.1) is 6.92 Å². The Labute approximate surface area is 151 Å². The molecule has 0 saturated heterocycles. The van der Waals surface area contributed by atoms with E-state index in [4.69, 9.17) is 0 Å². The highest BCUT2D eigenvalue weighted by Crippen LogP contribution is 2.14. The van der Waals surface area contributed by atoms with Crippen LogP contribution in [0.5, 0.6) is 5.75 Å². The predicted octanol–water partition coefficient (Wildman–Crippen LogP) is 1.64. The summed E-state index contributed by atoms with van der Waals surface area (Å²) in [5, 5.41) is 19.7.